The van der Waals surface area contributed by atoms with Crippen molar-refractivity contribution in [2.24, 2.45) is 0 Å². The van der Waals surface area contributed by atoms with Gasteiger partial charge in [-0.1, -0.05) is 29.8 Å². The molecule has 0 bridgehead atoms. The molecule has 2 aromatic carbocycles. The lowest BCUT2D eigenvalue weighted by Crippen LogP contribution is -2.14. The van der Waals surface area contributed by atoms with Crippen molar-refractivity contribution in [3.63, 3.8) is 0 Å². The minimum atomic E-state index is -0.231. The highest BCUT2D eigenvalue weighted by Crippen LogP contribution is 2.28. The summed E-state index contributed by atoms with van der Waals surface area (Å²) in [5, 5.41) is 14.2. The summed E-state index contributed by atoms with van der Waals surface area (Å²) in [6.07, 6.45) is 3.02. The Bertz CT molecular complexity index is 868. The van der Waals surface area contributed by atoms with Crippen LogP contribution in [0.3, 0.4) is 0 Å². The molecular weight excluding hydrogens is 324 g/mol. The van der Waals surface area contributed by atoms with Crippen molar-refractivity contribution in [2.45, 2.75) is 6.92 Å². The van der Waals surface area contributed by atoms with Crippen molar-refractivity contribution in [1.29, 1.82) is 0 Å². The number of nitrogens with zero attached hydrogens (tertiary/aromatic N) is 2. The maximum atomic E-state index is 12.6. The molecule has 1 heterocycles. The van der Waals surface area contributed by atoms with Gasteiger partial charge in [-0.3, -0.25) is 4.79 Å². The largest absolute Gasteiger partial charge is 0.355 e. The number of aromatic nitrogens is 2. The second-order valence-electron chi connectivity index (χ2n) is 5.17. The monoisotopic (exact) mass is 338 g/mol. The van der Waals surface area contributed by atoms with Gasteiger partial charge < -0.3 is 10.6 Å². The zero-order valence-corrected chi connectivity index (χ0v) is 13.7. The Morgan fingerprint density at radius 2 is 1.79 bits per heavy atom. The van der Waals surface area contributed by atoms with Gasteiger partial charge in [0.2, 0.25) is 0 Å². The molecule has 3 aromatic rings. The van der Waals surface area contributed by atoms with Gasteiger partial charge in [0, 0.05) is 10.7 Å². The number of halogens is 1. The summed E-state index contributed by atoms with van der Waals surface area (Å²) >= 11 is 6.16. The van der Waals surface area contributed by atoms with E-state index in [2.05, 4.69) is 20.8 Å². The number of hydrogen-bond donors (Lipinski definition) is 2. The van der Waals surface area contributed by atoms with Gasteiger partial charge in [-0.05, 0) is 42.8 Å². The maximum absolute atomic E-state index is 12.6. The van der Waals surface area contributed by atoms with Crippen LogP contribution < -0.4 is 10.6 Å². The van der Waals surface area contributed by atoms with Gasteiger partial charge in [0.25, 0.3) is 5.91 Å². The summed E-state index contributed by atoms with van der Waals surface area (Å²) in [6, 6.07) is 14.6. The zero-order valence-electron chi connectivity index (χ0n) is 13.0. The number of nitrogens with one attached hydrogen (secondary N) is 2. The van der Waals surface area contributed by atoms with E-state index in [9.17, 15) is 4.79 Å². The molecule has 0 fully saturated rings. The summed E-state index contributed by atoms with van der Waals surface area (Å²) in [5.74, 6) is -0.231. The summed E-state index contributed by atoms with van der Waals surface area (Å²) in [5.41, 5.74) is 3.58. The molecule has 2 N–H and O–H groups in total. The first-order valence-corrected chi connectivity index (χ1v) is 7.72. The molecule has 0 aliphatic carbocycles. The smallest absolute Gasteiger partial charge is 0.257 e. The summed E-state index contributed by atoms with van der Waals surface area (Å²) in [4.78, 5) is 12.6. The van der Waals surface area contributed by atoms with Crippen molar-refractivity contribution in [3.8, 4) is 0 Å². The fraction of sp³-hybridized carbons (Fsp3) is 0.0556. The molecule has 3 rings (SSSR count). The number of rotatable bonds is 4. The van der Waals surface area contributed by atoms with Crippen molar-refractivity contribution >= 4 is 34.6 Å². The van der Waals surface area contributed by atoms with Gasteiger partial charge in [0.1, 0.15) is 0 Å². The molecule has 0 saturated carbocycles. The van der Waals surface area contributed by atoms with Gasteiger partial charge >= 0.3 is 0 Å². The van der Waals surface area contributed by atoms with E-state index < -0.39 is 0 Å². The molecule has 0 atom stereocenters. The van der Waals surface area contributed by atoms with Crippen LogP contribution in [-0.4, -0.2) is 16.1 Å². The number of benzene rings is 2. The van der Waals surface area contributed by atoms with Gasteiger partial charge in [0.05, 0.1) is 29.3 Å². The van der Waals surface area contributed by atoms with Gasteiger partial charge in [0.15, 0.2) is 0 Å². The molecule has 0 saturated heterocycles. The van der Waals surface area contributed by atoms with Crippen LogP contribution in [0.5, 0.6) is 0 Å². The molecule has 1 amide bonds. The zero-order chi connectivity index (χ0) is 16.9. The van der Waals surface area contributed by atoms with E-state index in [0.29, 0.717) is 22.0 Å². The molecule has 0 radical (unpaired) electrons. The standard InChI is InChI=1S/C18H15ClN4O/c1-12-15(19)6-4-8-16(12)23-17-7-3-2-5-14(17)18(24)22-13-9-10-20-21-11-13/h2-11,23H,1H3,(H,20,22,24). The normalized spacial score (nSPS) is 10.2. The highest BCUT2D eigenvalue weighted by atomic mass is 35.5. The average molecular weight is 339 g/mol. The molecule has 24 heavy (non-hydrogen) atoms. The number of carbonyl (C=O) groups is 1. The van der Waals surface area contributed by atoms with Crippen LogP contribution in [0.15, 0.2) is 60.9 Å². The Kier molecular flexibility index (Phi) is 4.72. The van der Waals surface area contributed by atoms with E-state index >= 15 is 0 Å². The van der Waals surface area contributed by atoms with Crippen LogP contribution in [0.1, 0.15) is 15.9 Å². The lowest BCUT2D eigenvalue weighted by atomic mass is 10.1. The van der Waals surface area contributed by atoms with Gasteiger partial charge in [-0.15, -0.1) is 0 Å². The second kappa shape index (κ2) is 7.10. The first-order chi connectivity index (χ1) is 11.6. The predicted octanol–water partition coefficient (Wildman–Crippen LogP) is 4.43. The highest BCUT2D eigenvalue weighted by Gasteiger charge is 2.12. The number of hydrogen-bond acceptors (Lipinski definition) is 4. The van der Waals surface area contributed by atoms with Gasteiger partial charge in [-0.25, -0.2) is 0 Å². The minimum absolute atomic E-state index is 0.231. The lowest BCUT2D eigenvalue weighted by molar-refractivity contribution is 0.102. The van der Waals surface area contributed by atoms with Crippen LogP contribution in [0, 0.1) is 6.92 Å². The Morgan fingerprint density at radius 1 is 1.00 bits per heavy atom. The van der Waals surface area contributed by atoms with E-state index in [-0.39, 0.29) is 5.91 Å². The van der Waals surface area contributed by atoms with Crippen LogP contribution in [-0.2, 0) is 0 Å². The third kappa shape index (κ3) is 3.52. The Labute approximate surface area is 144 Å². The summed E-state index contributed by atoms with van der Waals surface area (Å²) in [6.45, 7) is 1.93. The predicted molar refractivity (Wildman–Crippen MR) is 95.9 cm³/mol. The lowest BCUT2D eigenvalue weighted by Gasteiger charge is -2.14. The molecule has 0 spiro atoms. The molecule has 120 valence electrons. The fourth-order valence-corrected chi connectivity index (χ4v) is 2.42. The molecule has 1 aromatic heterocycles. The topological polar surface area (TPSA) is 66.9 Å². The summed E-state index contributed by atoms with van der Waals surface area (Å²) in [7, 11) is 0. The molecule has 0 aliphatic heterocycles. The van der Waals surface area contributed by atoms with Crippen molar-refractivity contribution < 1.29 is 4.79 Å². The number of para-hydroxylation sites is 1. The van der Waals surface area contributed by atoms with Crippen molar-refractivity contribution in [2.75, 3.05) is 10.6 Å². The minimum Gasteiger partial charge on any atom is -0.355 e. The van der Waals surface area contributed by atoms with Crippen LogP contribution in [0.2, 0.25) is 5.02 Å². The van der Waals surface area contributed by atoms with E-state index in [0.717, 1.165) is 11.3 Å². The van der Waals surface area contributed by atoms with Crippen LogP contribution in [0.25, 0.3) is 0 Å². The molecule has 6 heteroatoms. The van der Waals surface area contributed by atoms with E-state index in [1.54, 1.807) is 12.1 Å². The maximum Gasteiger partial charge on any atom is 0.257 e. The average Bonchev–Trinajstić information content (AvgIpc) is 2.60. The third-order valence-corrected chi connectivity index (χ3v) is 3.96. The van der Waals surface area contributed by atoms with Crippen molar-refractivity contribution in [3.05, 3.63) is 77.1 Å². The Morgan fingerprint density at radius 3 is 2.58 bits per heavy atom. The van der Waals surface area contributed by atoms with Gasteiger partial charge in [-0.2, -0.15) is 10.2 Å². The van der Waals surface area contributed by atoms with E-state index in [1.165, 1.54) is 12.4 Å². The molecular formula is C18H15ClN4O. The number of carbonyl (C=O) groups excluding carboxylic acids is 1. The third-order valence-electron chi connectivity index (χ3n) is 3.55. The second-order valence-corrected chi connectivity index (χ2v) is 5.58. The molecule has 5 nitrogen and oxygen atoms in total. The Balaban J connectivity index is 1.88. The Hall–Kier alpha value is -2.92. The van der Waals surface area contributed by atoms with Crippen LogP contribution in [0.4, 0.5) is 17.1 Å². The van der Waals surface area contributed by atoms with E-state index in [4.69, 9.17) is 11.6 Å². The van der Waals surface area contributed by atoms with Crippen LogP contribution >= 0.6 is 11.6 Å². The first kappa shape index (κ1) is 16.0. The number of anilines is 3. The summed E-state index contributed by atoms with van der Waals surface area (Å²) < 4.78 is 0. The van der Waals surface area contributed by atoms with Crippen molar-refractivity contribution in [1.82, 2.24) is 10.2 Å². The molecule has 0 aliphatic rings. The number of amides is 1. The molecule has 0 unspecified atom stereocenters. The highest BCUT2D eigenvalue weighted by molar-refractivity contribution is 6.31. The first-order valence-electron chi connectivity index (χ1n) is 7.34. The van der Waals surface area contributed by atoms with E-state index in [1.807, 2.05) is 43.3 Å². The SMILES string of the molecule is Cc1c(Cl)cccc1Nc1ccccc1C(=O)Nc1ccnnc1. The quantitative estimate of drug-likeness (QED) is 0.738. The fourth-order valence-electron chi connectivity index (χ4n) is 2.24.